The highest BCUT2D eigenvalue weighted by Gasteiger charge is 2.24. The van der Waals surface area contributed by atoms with Crippen LogP contribution in [-0.2, 0) is 22.5 Å². The number of piperidine rings is 1. The molecule has 0 radical (unpaired) electrons. The van der Waals surface area contributed by atoms with E-state index in [9.17, 15) is 4.79 Å². The van der Waals surface area contributed by atoms with E-state index in [4.69, 9.17) is 23.5 Å². The van der Waals surface area contributed by atoms with E-state index in [0.29, 0.717) is 61.6 Å². The number of ether oxygens (including phenoxy) is 4. The van der Waals surface area contributed by atoms with Crippen molar-refractivity contribution < 1.29 is 28.3 Å². The molecule has 0 saturated carbocycles. The van der Waals surface area contributed by atoms with Gasteiger partial charge in [0.05, 0.1) is 32.6 Å². The lowest BCUT2D eigenvalue weighted by Gasteiger charge is -2.32. The molecule has 164 valence electrons. The van der Waals surface area contributed by atoms with Crippen molar-refractivity contribution in [3.63, 3.8) is 0 Å². The number of nitrogens with zero attached hydrogens (tertiary/aromatic N) is 3. The molecule has 2 amide bonds. The van der Waals surface area contributed by atoms with Gasteiger partial charge in [0.2, 0.25) is 0 Å². The van der Waals surface area contributed by atoms with E-state index in [2.05, 4.69) is 15.5 Å². The fraction of sp³-hybridized carbons (Fsp3) is 0.550. The van der Waals surface area contributed by atoms with Crippen molar-refractivity contribution in [3.05, 3.63) is 29.9 Å². The molecule has 0 spiro atoms. The van der Waals surface area contributed by atoms with Gasteiger partial charge in [0.1, 0.15) is 18.1 Å². The van der Waals surface area contributed by atoms with Gasteiger partial charge < -0.3 is 33.7 Å². The minimum absolute atomic E-state index is 0.103. The Morgan fingerprint density at radius 2 is 2.03 bits per heavy atom. The first kappa shape index (κ1) is 21.8. The molecule has 2 heterocycles. The summed E-state index contributed by atoms with van der Waals surface area (Å²) in [5.74, 6) is 2.29. The summed E-state index contributed by atoms with van der Waals surface area (Å²) in [6.07, 6.45) is 2.21. The maximum atomic E-state index is 12.6. The van der Waals surface area contributed by atoms with Crippen LogP contribution >= 0.6 is 0 Å². The Balaban J connectivity index is 1.42. The molecule has 3 rings (SSSR count). The van der Waals surface area contributed by atoms with E-state index >= 15 is 0 Å². The van der Waals surface area contributed by atoms with Crippen LogP contribution in [0.25, 0.3) is 0 Å². The summed E-state index contributed by atoms with van der Waals surface area (Å²) in [5.41, 5.74) is 0.577. The monoisotopic (exact) mass is 420 g/mol. The minimum atomic E-state index is -0.169. The van der Waals surface area contributed by atoms with Crippen LogP contribution in [0.15, 0.2) is 22.7 Å². The van der Waals surface area contributed by atoms with E-state index in [1.807, 2.05) is 0 Å². The molecular weight excluding hydrogens is 392 g/mol. The van der Waals surface area contributed by atoms with Crippen molar-refractivity contribution in [2.45, 2.75) is 32.0 Å². The molecule has 1 aromatic heterocycles. The van der Waals surface area contributed by atoms with Crippen LogP contribution in [0.1, 0.15) is 24.6 Å². The number of hydrogen-bond acceptors (Lipinski definition) is 8. The number of methoxy groups -OCH3 is 3. The van der Waals surface area contributed by atoms with Gasteiger partial charge in [0.25, 0.3) is 5.89 Å². The van der Waals surface area contributed by atoms with E-state index in [1.165, 1.54) is 0 Å². The number of amides is 2. The smallest absolute Gasteiger partial charge is 0.321 e. The summed E-state index contributed by atoms with van der Waals surface area (Å²) in [7, 11) is 4.72. The number of nitrogens with one attached hydrogen (secondary N) is 1. The van der Waals surface area contributed by atoms with E-state index < -0.39 is 0 Å². The van der Waals surface area contributed by atoms with Crippen molar-refractivity contribution >= 4 is 11.7 Å². The third kappa shape index (κ3) is 5.83. The molecule has 2 aromatic rings. The van der Waals surface area contributed by atoms with Crippen molar-refractivity contribution in [1.29, 1.82) is 0 Å². The second-order valence-electron chi connectivity index (χ2n) is 6.84. The first-order valence-electron chi connectivity index (χ1n) is 9.83. The fourth-order valence-electron chi connectivity index (χ4n) is 3.22. The molecule has 1 N–H and O–H groups in total. The lowest BCUT2D eigenvalue weighted by Crippen LogP contribution is -2.43. The molecule has 0 atom stereocenters. The first-order chi connectivity index (χ1) is 14.6. The molecule has 1 fully saturated rings. The van der Waals surface area contributed by atoms with Gasteiger partial charge in [-0.2, -0.15) is 4.98 Å². The predicted molar refractivity (Wildman–Crippen MR) is 108 cm³/mol. The number of likely N-dealkylation sites (tertiary alicyclic amines) is 1. The van der Waals surface area contributed by atoms with Crippen molar-refractivity contribution in [2.24, 2.45) is 0 Å². The van der Waals surface area contributed by atoms with Gasteiger partial charge in [-0.15, -0.1) is 0 Å². The summed E-state index contributed by atoms with van der Waals surface area (Å²) >= 11 is 0. The minimum Gasteiger partial charge on any atom is -0.497 e. The summed E-state index contributed by atoms with van der Waals surface area (Å²) in [4.78, 5) is 18.6. The molecule has 0 bridgehead atoms. The van der Waals surface area contributed by atoms with Crippen LogP contribution in [-0.4, -0.2) is 68.2 Å². The number of hydrogen-bond donors (Lipinski definition) is 1. The molecule has 1 aromatic carbocycles. The summed E-state index contributed by atoms with van der Waals surface area (Å²) < 4.78 is 26.5. The average molecular weight is 420 g/mol. The number of benzene rings is 1. The number of anilines is 1. The third-order valence-corrected chi connectivity index (χ3v) is 4.83. The number of urea groups is 1. The zero-order chi connectivity index (χ0) is 21.3. The van der Waals surface area contributed by atoms with E-state index in [1.54, 1.807) is 44.4 Å². The SMILES string of the molecule is COCc1nc(CCOC2CCN(C(=O)Nc3cc(OC)ccc3OC)CC2)no1. The van der Waals surface area contributed by atoms with Crippen molar-refractivity contribution in [1.82, 2.24) is 15.0 Å². The second kappa shape index (κ2) is 10.8. The van der Waals surface area contributed by atoms with Crippen LogP contribution < -0.4 is 14.8 Å². The van der Waals surface area contributed by atoms with Gasteiger partial charge in [-0.1, -0.05) is 5.16 Å². The maximum Gasteiger partial charge on any atom is 0.321 e. The number of rotatable bonds is 9. The number of carbonyl (C=O) groups excluding carboxylic acids is 1. The lowest BCUT2D eigenvalue weighted by molar-refractivity contribution is 0.0168. The van der Waals surface area contributed by atoms with Gasteiger partial charge in [-0.3, -0.25) is 0 Å². The number of carbonyl (C=O) groups is 1. The van der Waals surface area contributed by atoms with Gasteiger partial charge >= 0.3 is 6.03 Å². The molecular formula is C20H28N4O6. The van der Waals surface area contributed by atoms with Crippen molar-refractivity contribution in [2.75, 3.05) is 46.3 Å². The molecule has 1 aliphatic heterocycles. The lowest BCUT2D eigenvalue weighted by atomic mass is 10.1. The molecule has 0 unspecified atom stereocenters. The highest BCUT2D eigenvalue weighted by atomic mass is 16.5. The zero-order valence-corrected chi connectivity index (χ0v) is 17.6. The summed E-state index contributed by atoms with van der Waals surface area (Å²) in [6.45, 7) is 2.03. The van der Waals surface area contributed by atoms with Crippen LogP contribution in [0.2, 0.25) is 0 Å². The van der Waals surface area contributed by atoms with Crippen LogP contribution in [0.4, 0.5) is 10.5 Å². The standard InChI is InChI=1S/C20H28N4O6/c1-26-13-19-22-18(23-30-19)8-11-29-14-6-9-24(10-7-14)20(25)21-16-12-15(27-2)4-5-17(16)28-3/h4-5,12,14H,6-11,13H2,1-3H3,(H,21,25). The zero-order valence-electron chi connectivity index (χ0n) is 17.6. The Labute approximate surface area is 175 Å². The summed E-state index contributed by atoms with van der Waals surface area (Å²) in [5, 5.41) is 6.79. The Hall–Kier alpha value is -2.85. The van der Waals surface area contributed by atoms with Gasteiger partial charge in [-0.05, 0) is 25.0 Å². The molecule has 10 nitrogen and oxygen atoms in total. The van der Waals surface area contributed by atoms with E-state index in [0.717, 1.165) is 12.8 Å². The van der Waals surface area contributed by atoms with Crippen LogP contribution in [0.5, 0.6) is 11.5 Å². The second-order valence-corrected chi connectivity index (χ2v) is 6.84. The highest BCUT2D eigenvalue weighted by Crippen LogP contribution is 2.29. The van der Waals surface area contributed by atoms with Crippen LogP contribution in [0, 0.1) is 0 Å². The normalized spacial score (nSPS) is 14.6. The molecule has 1 aliphatic rings. The van der Waals surface area contributed by atoms with Crippen molar-refractivity contribution in [3.8, 4) is 11.5 Å². The summed E-state index contributed by atoms with van der Waals surface area (Å²) in [6, 6.07) is 5.11. The Morgan fingerprint density at radius 1 is 1.23 bits per heavy atom. The third-order valence-electron chi connectivity index (χ3n) is 4.83. The molecule has 30 heavy (non-hydrogen) atoms. The van der Waals surface area contributed by atoms with Crippen LogP contribution in [0.3, 0.4) is 0 Å². The Bertz CT molecular complexity index is 819. The largest absolute Gasteiger partial charge is 0.497 e. The molecule has 0 aliphatic carbocycles. The van der Waals surface area contributed by atoms with Gasteiger partial charge in [-0.25, -0.2) is 4.79 Å². The fourth-order valence-corrected chi connectivity index (χ4v) is 3.22. The Kier molecular flexibility index (Phi) is 7.86. The molecule has 1 saturated heterocycles. The maximum absolute atomic E-state index is 12.6. The Morgan fingerprint density at radius 3 is 2.73 bits per heavy atom. The molecule has 10 heteroatoms. The quantitative estimate of drug-likeness (QED) is 0.659. The topological polar surface area (TPSA) is 108 Å². The predicted octanol–water partition coefficient (Wildman–Crippen LogP) is 2.49. The number of aromatic nitrogens is 2. The van der Waals surface area contributed by atoms with Gasteiger partial charge in [0, 0.05) is 32.7 Å². The first-order valence-corrected chi connectivity index (χ1v) is 9.83. The van der Waals surface area contributed by atoms with Gasteiger partial charge in [0.15, 0.2) is 5.82 Å². The highest BCUT2D eigenvalue weighted by molar-refractivity contribution is 5.91. The van der Waals surface area contributed by atoms with E-state index in [-0.39, 0.29) is 12.1 Å². The average Bonchev–Trinajstić information content (AvgIpc) is 3.21.